The van der Waals surface area contributed by atoms with E-state index in [1.165, 1.54) is 11.1 Å². The summed E-state index contributed by atoms with van der Waals surface area (Å²) in [7, 11) is 0. The molecular weight excluding hydrogens is 505 g/mol. The average molecular weight is 533 g/mol. The molecule has 0 aliphatic rings. The van der Waals surface area contributed by atoms with Crippen LogP contribution in [0.25, 0.3) is 0 Å². The molecular formula is C26H28Br2FN. The van der Waals surface area contributed by atoms with Gasteiger partial charge in [0.15, 0.2) is 0 Å². The van der Waals surface area contributed by atoms with Crippen LogP contribution < -0.4 is 4.90 Å². The van der Waals surface area contributed by atoms with Crippen LogP contribution in [0.4, 0.5) is 21.5 Å². The zero-order valence-corrected chi connectivity index (χ0v) is 21.5. The Balaban J connectivity index is 2.16. The SMILES string of the molecule is CC(C)(C)c1ccc(N(c2ccc(C(C)(C)C)cc2)c2cc(F)c(Br)cc2Br)cc1. The van der Waals surface area contributed by atoms with Crippen molar-refractivity contribution in [1.82, 2.24) is 0 Å². The van der Waals surface area contributed by atoms with Gasteiger partial charge in [0.25, 0.3) is 0 Å². The Labute approximate surface area is 196 Å². The molecule has 0 saturated carbocycles. The molecule has 0 unspecified atom stereocenters. The van der Waals surface area contributed by atoms with Crippen molar-refractivity contribution in [2.75, 3.05) is 4.90 Å². The Morgan fingerprint density at radius 2 is 1.03 bits per heavy atom. The van der Waals surface area contributed by atoms with Crippen LogP contribution in [0.2, 0.25) is 0 Å². The first-order valence-electron chi connectivity index (χ1n) is 10.0. The molecule has 0 amide bonds. The monoisotopic (exact) mass is 531 g/mol. The zero-order chi connectivity index (χ0) is 22.3. The molecule has 3 rings (SSSR count). The summed E-state index contributed by atoms with van der Waals surface area (Å²) in [6.07, 6.45) is 0. The van der Waals surface area contributed by atoms with Gasteiger partial charge in [-0.25, -0.2) is 4.39 Å². The van der Waals surface area contributed by atoms with Gasteiger partial charge in [-0.3, -0.25) is 0 Å². The molecule has 3 aromatic rings. The quantitative estimate of drug-likeness (QED) is 0.303. The van der Waals surface area contributed by atoms with Gasteiger partial charge in [0.05, 0.1) is 10.2 Å². The van der Waals surface area contributed by atoms with E-state index in [1.807, 2.05) is 0 Å². The highest BCUT2D eigenvalue weighted by atomic mass is 79.9. The predicted molar refractivity (Wildman–Crippen MR) is 134 cm³/mol. The molecule has 0 spiro atoms. The lowest BCUT2D eigenvalue weighted by atomic mass is 9.86. The summed E-state index contributed by atoms with van der Waals surface area (Å²) in [6, 6.07) is 20.3. The lowest BCUT2D eigenvalue weighted by molar-refractivity contribution is 0.590. The van der Waals surface area contributed by atoms with E-state index < -0.39 is 0 Å². The highest BCUT2D eigenvalue weighted by Gasteiger charge is 2.20. The molecule has 0 aliphatic heterocycles. The fourth-order valence-corrected chi connectivity index (χ4v) is 4.50. The van der Waals surface area contributed by atoms with E-state index in [0.29, 0.717) is 4.47 Å². The first kappa shape index (κ1) is 23.0. The van der Waals surface area contributed by atoms with E-state index in [1.54, 1.807) is 12.1 Å². The van der Waals surface area contributed by atoms with Gasteiger partial charge in [-0.1, -0.05) is 65.8 Å². The molecule has 0 aromatic heterocycles. The van der Waals surface area contributed by atoms with E-state index in [9.17, 15) is 4.39 Å². The van der Waals surface area contributed by atoms with Gasteiger partial charge in [0, 0.05) is 21.9 Å². The van der Waals surface area contributed by atoms with E-state index in [-0.39, 0.29) is 16.6 Å². The maximum Gasteiger partial charge on any atom is 0.139 e. The number of hydrogen-bond donors (Lipinski definition) is 0. The highest BCUT2D eigenvalue weighted by molar-refractivity contribution is 9.11. The van der Waals surface area contributed by atoms with Crippen molar-refractivity contribution in [1.29, 1.82) is 0 Å². The topological polar surface area (TPSA) is 3.24 Å². The summed E-state index contributed by atoms with van der Waals surface area (Å²) in [5, 5.41) is 0. The second kappa shape index (κ2) is 8.47. The van der Waals surface area contributed by atoms with Crippen LogP contribution in [-0.4, -0.2) is 0 Å². The molecule has 0 heterocycles. The lowest BCUT2D eigenvalue weighted by Crippen LogP contribution is -2.15. The minimum atomic E-state index is -0.296. The Bertz CT molecular complexity index is 969. The Morgan fingerprint density at radius 3 is 1.40 bits per heavy atom. The number of halogens is 3. The third-order valence-electron chi connectivity index (χ3n) is 5.21. The summed E-state index contributed by atoms with van der Waals surface area (Å²) in [5.41, 5.74) is 5.38. The van der Waals surface area contributed by atoms with Crippen LogP contribution >= 0.6 is 31.9 Å². The first-order valence-corrected chi connectivity index (χ1v) is 11.6. The van der Waals surface area contributed by atoms with Crippen LogP contribution in [0.3, 0.4) is 0 Å². The minimum absolute atomic E-state index is 0.0714. The number of nitrogens with zero attached hydrogens (tertiary/aromatic N) is 1. The van der Waals surface area contributed by atoms with Gasteiger partial charge < -0.3 is 4.90 Å². The molecule has 0 N–H and O–H groups in total. The molecule has 158 valence electrons. The third kappa shape index (κ3) is 4.97. The van der Waals surface area contributed by atoms with E-state index >= 15 is 0 Å². The summed E-state index contributed by atoms with van der Waals surface area (Å²) in [5.74, 6) is -0.296. The molecule has 0 saturated heterocycles. The van der Waals surface area contributed by atoms with Gasteiger partial charge in [0.2, 0.25) is 0 Å². The summed E-state index contributed by atoms with van der Waals surface area (Å²) >= 11 is 6.91. The summed E-state index contributed by atoms with van der Waals surface area (Å²) in [4.78, 5) is 2.08. The van der Waals surface area contributed by atoms with E-state index in [4.69, 9.17) is 0 Å². The van der Waals surface area contributed by atoms with Crippen molar-refractivity contribution < 1.29 is 4.39 Å². The molecule has 1 nitrogen and oxygen atoms in total. The van der Waals surface area contributed by atoms with Crippen molar-refractivity contribution in [2.24, 2.45) is 0 Å². The van der Waals surface area contributed by atoms with Gasteiger partial charge in [-0.05, 0) is 84.1 Å². The highest BCUT2D eigenvalue weighted by Crippen LogP contribution is 2.41. The normalized spacial score (nSPS) is 12.2. The van der Waals surface area contributed by atoms with E-state index in [0.717, 1.165) is 21.5 Å². The fraction of sp³-hybridized carbons (Fsp3) is 0.308. The van der Waals surface area contributed by atoms with Crippen LogP contribution in [-0.2, 0) is 10.8 Å². The molecule has 0 radical (unpaired) electrons. The van der Waals surface area contributed by atoms with Crippen molar-refractivity contribution in [3.05, 3.63) is 86.6 Å². The number of anilines is 3. The molecule has 4 heteroatoms. The Morgan fingerprint density at radius 1 is 0.633 bits per heavy atom. The molecule has 30 heavy (non-hydrogen) atoms. The average Bonchev–Trinajstić information content (AvgIpc) is 2.65. The third-order valence-corrected chi connectivity index (χ3v) is 6.46. The summed E-state index contributed by atoms with van der Waals surface area (Å²) in [6.45, 7) is 13.2. The zero-order valence-electron chi connectivity index (χ0n) is 18.4. The molecule has 3 aromatic carbocycles. The van der Waals surface area contributed by atoms with Gasteiger partial charge in [-0.2, -0.15) is 0 Å². The van der Waals surface area contributed by atoms with Crippen LogP contribution in [0.1, 0.15) is 52.7 Å². The van der Waals surface area contributed by atoms with E-state index in [2.05, 4.69) is 127 Å². The smallest absolute Gasteiger partial charge is 0.139 e. The Kier molecular flexibility index (Phi) is 6.50. The molecule has 0 aliphatic carbocycles. The van der Waals surface area contributed by atoms with Crippen molar-refractivity contribution in [2.45, 2.75) is 52.4 Å². The molecule has 0 bridgehead atoms. The second-order valence-electron chi connectivity index (χ2n) is 9.65. The number of benzene rings is 3. The minimum Gasteiger partial charge on any atom is -0.309 e. The summed E-state index contributed by atoms with van der Waals surface area (Å²) < 4.78 is 15.7. The largest absolute Gasteiger partial charge is 0.309 e. The van der Waals surface area contributed by atoms with Gasteiger partial charge in [-0.15, -0.1) is 0 Å². The maximum absolute atomic E-state index is 14.5. The van der Waals surface area contributed by atoms with Crippen LogP contribution in [0.15, 0.2) is 69.6 Å². The van der Waals surface area contributed by atoms with Crippen molar-refractivity contribution in [3.63, 3.8) is 0 Å². The predicted octanol–water partition coefficient (Wildman–Crippen LogP) is 9.42. The Hall–Kier alpha value is -1.65. The molecule has 0 fully saturated rings. The van der Waals surface area contributed by atoms with Crippen LogP contribution in [0, 0.1) is 5.82 Å². The van der Waals surface area contributed by atoms with Crippen molar-refractivity contribution >= 4 is 48.9 Å². The maximum atomic E-state index is 14.5. The van der Waals surface area contributed by atoms with Gasteiger partial charge >= 0.3 is 0 Å². The standard InChI is InChI=1S/C26H28Br2FN/c1-25(2,3)17-7-11-19(12-8-17)30(24-16-23(29)21(27)15-22(24)28)20-13-9-18(10-14-20)26(4,5)6/h7-16H,1-6H3. The second-order valence-corrected chi connectivity index (χ2v) is 11.4. The van der Waals surface area contributed by atoms with Gasteiger partial charge in [0.1, 0.15) is 5.82 Å². The number of hydrogen-bond acceptors (Lipinski definition) is 1. The fourth-order valence-electron chi connectivity index (χ4n) is 3.33. The number of rotatable bonds is 3. The van der Waals surface area contributed by atoms with Crippen LogP contribution in [0.5, 0.6) is 0 Å². The first-order chi connectivity index (χ1) is 13.9. The lowest BCUT2D eigenvalue weighted by Gasteiger charge is -2.29. The molecule has 0 atom stereocenters. The van der Waals surface area contributed by atoms with Crippen molar-refractivity contribution in [3.8, 4) is 0 Å².